The van der Waals surface area contributed by atoms with Gasteiger partial charge in [0, 0.05) is 56.3 Å². The number of aromatic nitrogens is 1. The van der Waals surface area contributed by atoms with Crippen molar-refractivity contribution in [1.29, 1.82) is 0 Å². The molecule has 0 radical (unpaired) electrons. The van der Waals surface area contributed by atoms with Crippen LogP contribution < -0.4 is 0 Å². The maximum Gasteiger partial charge on any atom is 0.336 e. The van der Waals surface area contributed by atoms with Crippen molar-refractivity contribution in [2.45, 2.75) is 25.4 Å². The molecule has 3 aromatic carbocycles. The Bertz CT molecular complexity index is 1750. The Kier molecular flexibility index (Phi) is 8.46. The summed E-state index contributed by atoms with van der Waals surface area (Å²) in [6.45, 7) is 6.31. The zero-order valence-electron chi connectivity index (χ0n) is 25.6. The van der Waals surface area contributed by atoms with E-state index in [1.54, 1.807) is 59.8 Å². The second-order valence-electron chi connectivity index (χ2n) is 12.0. The minimum absolute atomic E-state index is 0.0278. The van der Waals surface area contributed by atoms with Crippen molar-refractivity contribution in [3.05, 3.63) is 94.5 Å². The topological polar surface area (TPSA) is 128 Å². The van der Waals surface area contributed by atoms with E-state index < -0.39 is 11.6 Å². The molecule has 10 heteroatoms. The van der Waals surface area contributed by atoms with E-state index in [2.05, 4.69) is 4.90 Å². The molecular formula is C35H38N4O6. The first-order chi connectivity index (χ1) is 21.6. The number of ether oxygens (including phenoxy) is 1. The maximum absolute atomic E-state index is 13.4. The van der Waals surface area contributed by atoms with Gasteiger partial charge in [0.2, 0.25) is 5.88 Å². The summed E-state index contributed by atoms with van der Waals surface area (Å²) in [7, 11) is 1.69. The predicted molar refractivity (Wildman–Crippen MR) is 172 cm³/mol. The second-order valence-corrected chi connectivity index (χ2v) is 12.0. The van der Waals surface area contributed by atoms with Crippen LogP contribution in [-0.4, -0.2) is 98.8 Å². The van der Waals surface area contributed by atoms with Crippen LogP contribution in [0, 0.1) is 6.92 Å². The lowest BCUT2D eigenvalue weighted by atomic mass is 9.90. The van der Waals surface area contributed by atoms with E-state index in [-0.39, 0.29) is 17.4 Å². The number of aromatic carboxylic acids is 1. The van der Waals surface area contributed by atoms with Crippen molar-refractivity contribution in [3.63, 3.8) is 0 Å². The molecule has 0 bridgehead atoms. The number of β-amino-alcohol motifs (C(OH)–C–C–N with tert-alkyl or cyclic N) is 1. The third-order valence-corrected chi connectivity index (χ3v) is 8.99. The summed E-state index contributed by atoms with van der Waals surface area (Å²) in [5.74, 6) is -1.14. The maximum atomic E-state index is 13.4. The Hall–Kier alpha value is -4.51. The van der Waals surface area contributed by atoms with Gasteiger partial charge in [0.25, 0.3) is 5.91 Å². The van der Waals surface area contributed by atoms with Crippen LogP contribution in [0.2, 0.25) is 0 Å². The van der Waals surface area contributed by atoms with Crippen LogP contribution >= 0.6 is 0 Å². The first-order valence-electron chi connectivity index (χ1n) is 15.3. The highest BCUT2D eigenvalue weighted by Gasteiger charge is 2.36. The van der Waals surface area contributed by atoms with E-state index in [1.807, 2.05) is 30.3 Å². The number of aliphatic hydroxyl groups is 1. The van der Waals surface area contributed by atoms with Crippen molar-refractivity contribution in [2.75, 3.05) is 45.9 Å². The minimum atomic E-state index is -1.03. The number of carbonyl (C=O) groups excluding carboxylic acids is 1. The third-order valence-electron chi connectivity index (χ3n) is 8.99. The Morgan fingerprint density at radius 3 is 2.24 bits per heavy atom. The molecule has 0 saturated carbocycles. The number of carbonyl (C=O) groups is 2. The van der Waals surface area contributed by atoms with Gasteiger partial charge in [-0.05, 0) is 61.7 Å². The summed E-state index contributed by atoms with van der Waals surface area (Å²) in [5.41, 5.74) is 3.46. The van der Waals surface area contributed by atoms with Crippen LogP contribution in [0.3, 0.4) is 0 Å². The van der Waals surface area contributed by atoms with E-state index in [4.69, 9.17) is 9.73 Å². The summed E-state index contributed by atoms with van der Waals surface area (Å²) in [6, 6.07) is 19.9. The SMILES string of the molecule is Cc1cc2c(C(=Nc3ccc(C(=O)N4CCC(O)(CN5CCOCC5)CC4)cc3)c3ccccc3)c(O)n(C)c2cc1C(=O)O. The number of aryl methyl sites for hydroxylation is 2. The molecule has 0 unspecified atom stereocenters. The van der Waals surface area contributed by atoms with Crippen LogP contribution in [0.25, 0.3) is 10.9 Å². The van der Waals surface area contributed by atoms with Gasteiger partial charge in [-0.1, -0.05) is 30.3 Å². The zero-order valence-corrected chi connectivity index (χ0v) is 25.6. The number of aliphatic imine (C=N–C) groups is 1. The number of aromatic hydroxyl groups is 1. The molecule has 3 N–H and O–H groups in total. The fourth-order valence-corrected chi connectivity index (χ4v) is 6.35. The molecule has 1 aromatic heterocycles. The Balaban J connectivity index is 1.26. The van der Waals surface area contributed by atoms with Crippen molar-refractivity contribution >= 4 is 34.2 Å². The Morgan fingerprint density at radius 2 is 1.60 bits per heavy atom. The monoisotopic (exact) mass is 610 g/mol. The standard InChI is InChI=1S/C35H38N4O6/c1-23-20-28-29(21-27(23)34(42)43)37(2)33(41)30(28)31(24-6-4-3-5-7-24)36-26-10-8-25(9-11-26)32(40)39-14-12-35(44,13-15-39)22-38-16-18-45-19-17-38/h3-11,20-21,41,44H,12-19,22H2,1-2H3,(H,42,43). The number of benzene rings is 3. The number of hydrogen-bond donors (Lipinski definition) is 3. The molecule has 2 aliphatic heterocycles. The number of likely N-dealkylation sites (tertiary alicyclic amines) is 1. The Labute approximate surface area is 261 Å². The lowest BCUT2D eigenvalue weighted by molar-refractivity contribution is -0.0599. The molecule has 0 aliphatic carbocycles. The van der Waals surface area contributed by atoms with E-state index in [1.165, 1.54) is 0 Å². The van der Waals surface area contributed by atoms with Gasteiger partial charge in [0.1, 0.15) is 0 Å². The first kappa shape index (κ1) is 30.5. The van der Waals surface area contributed by atoms with Gasteiger partial charge >= 0.3 is 5.97 Å². The molecule has 4 aromatic rings. The van der Waals surface area contributed by atoms with Gasteiger partial charge in [0.05, 0.1) is 46.9 Å². The first-order valence-corrected chi connectivity index (χ1v) is 15.3. The van der Waals surface area contributed by atoms with Crippen molar-refractivity contribution < 1.29 is 29.6 Å². The van der Waals surface area contributed by atoms with Crippen LogP contribution in [-0.2, 0) is 11.8 Å². The molecule has 3 heterocycles. The van der Waals surface area contributed by atoms with E-state index in [0.717, 1.165) is 18.7 Å². The number of hydrogen-bond acceptors (Lipinski definition) is 7. The van der Waals surface area contributed by atoms with Gasteiger partial charge in [-0.15, -0.1) is 0 Å². The molecule has 0 atom stereocenters. The van der Waals surface area contributed by atoms with Crippen molar-refractivity contribution in [1.82, 2.24) is 14.4 Å². The third kappa shape index (κ3) is 6.22. The molecular weight excluding hydrogens is 572 g/mol. The minimum Gasteiger partial charge on any atom is -0.494 e. The zero-order chi connectivity index (χ0) is 31.7. The normalized spacial score (nSPS) is 17.5. The summed E-state index contributed by atoms with van der Waals surface area (Å²) in [4.78, 5) is 34.2. The fourth-order valence-electron chi connectivity index (χ4n) is 6.35. The van der Waals surface area contributed by atoms with E-state index in [0.29, 0.717) is 84.7 Å². The molecule has 2 aliphatic rings. The molecule has 6 rings (SSSR count). The lowest BCUT2D eigenvalue weighted by Gasteiger charge is -2.41. The number of morpholine rings is 1. The van der Waals surface area contributed by atoms with Crippen LogP contribution in [0.15, 0.2) is 71.7 Å². The molecule has 234 valence electrons. The summed E-state index contributed by atoms with van der Waals surface area (Å²) in [5, 5.41) is 32.8. The Morgan fingerprint density at radius 1 is 0.933 bits per heavy atom. The average Bonchev–Trinajstić information content (AvgIpc) is 3.28. The summed E-state index contributed by atoms with van der Waals surface area (Å²) < 4.78 is 6.98. The van der Waals surface area contributed by atoms with Gasteiger partial charge in [-0.25, -0.2) is 9.79 Å². The van der Waals surface area contributed by atoms with E-state index >= 15 is 0 Å². The molecule has 2 saturated heterocycles. The smallest absolute Gasteiger partial charge is 0.336 e. The van der Waals surface area contributed by atoms with Gasteiger partial charge in [0.15, 0.2) is 0 Å². The van der Waals surface area contributed by atoms with Gasteiger partial charge in [-0.2, -0.15) is 0 Å². The number of carboxylic acid groups (broad SMARTS) is 1. The van der Waals surface area contributed by atoms with Crippen molar-refractivity contribution in [3.8, 4) is 5.88 Å². The number of nitrogens with zero attached hydrogens (tertiary/aromatic N) is 4. The van der Waals surface area contributed by atoms with Crippen LogP contribution in [0.4, 0.5) is 5.69 Å². The summed E-state index contributed by atoms with van der Waals surface area (Å²) >= 11 is 0. The predicted octanol–water partition coefficient (Wildman–Crippen LogP) is 4.36. The fraction of sp³-hybridized carbons (Fsp3) is 0.343. The summed E-state index contributed by atoms with van der Waals surface area (Å²) in [6.07, 6.45) is 1.06. The van der Waals surface area contributed by atoms with Crippen LogP contribution in [0.1, 0.15) is 50.2 Å². The number of carboxylic acids is 1. The number of rotatable bonds is 7. The highest BCUT2D eigenvalue weighted by atomic mass is 16.5. The number of piperidine rings is 1. The highest BCUT2D eigenvalue weighted by Crippen LogP contribution is 2.35. The van der Waals surface area contributed by atoms with Crippen LogP contribution in [0.5, 0.6) is 5.88 Å². The van der Waals surface area contributed by atoms with Gasteiger partial charge in [-0.3, -0.25) is 9.69 Å². The number of fused-ring (bicyclic) bond motifs is 1. The largest absolute Gasteiger partial charge is 0.494 e. The average molecular weight is 611 g/mol. The number of amides is 1. The van der Waals surface area contributed by atoms with Crippen molar-refractivity contribution in [2.24, 2.45) is 12.0 Å². The van der Waals surface area contributed by atoms with Gasteiger partial charge < -0.3 is 29.5 Å². The molecule has 1 amide bonds. The highest BCUT2D eigenvalue weighted by molar-refractivity contribution is 6.22. The molecule has 45 heavy (non-hydrogen) atoms. The molecule has 2 fully saturated rings. The van der Waals surface area contributed by atoms with E-state index in [9.17, 15) is 24.9 Å². The second kappa shape index (κ2) is 12.5. The molecule has 0 spiro atoms. The lowest BCUT2D eigenvalue weighted by Crippen LogP contribution is -2.53. The molecule has 10 nitrogen and oxygen atoms in total. The quantitative estimate of drug-likeness (QED) is 0.266.